The first-order valence-corrected chi connectivity index (χ1v) is 6.55. The fourth-order valence-corrected chi connectivity index (χ4v) is 1.66. The van der Waals surface area contributed by atoms with Gasteiger partial charge in [0.15, 0.2) is 0 Å². The van der Waals surface area contributed by atoms with Crippen molar-refractivity contribution in [1.29, 1.82) is 0 Å². The molecule has 0 atom stereocenters. The summed E-state index contributed by atoms with van der Waals surface area (Å²) in [5.41, 5.74) is 0. The molecule has 1 aromatic rings. The molecule has 8 heteroatoms. The lowest BCUT2D eigenvalue weighted by Gasteiger charge is -1.98. The van der Waals surface area contributed by atoms with E-state index in [9.17, 15) is 0 Å². The number of halogens is 3. The molecule has 0 fully saturated rings. The van der Waals surface area contributed by atoms with Crippen molar-refractivity contribution in [3.05, 3.63) is 25.2 Å². The van der Waals surface area contributed by atoms with Crippen LogP contribution < -0.4 is 0 Å². The molecule has 0 bridgehead atoms. The summed E-state index contributed by atoms with van der Waals surface area (Å²) >= 11 is 10.9. The summed E-state index contributed by atoms with van der Waals surface area (Å²) in [6.45, 7) is 2.17. The van der Waals surface area contributed by atoms with E-state index in [4.69, 9.17) is 36.5 Å². The van der Waals surface area contributed by atoms with Crippen LogP contribution in [-0.4, -0.2) is 27.3 Å². The van der Waals surface area contributed by atoms with Gasteiger partial charge in [-0.2, -0.15) is 0 Å². The maximum absolute atomic E-state index is 9.13. The Kier molecular flexibility index (Phi) is 11.4. The molecule has 5 nitrogen and oxygen atoms in total. The topological polar surface area (TPSA) is 94.8 Å². The number of aromatic hydroxyl groups is 1. The molecular weight excluding hydrogens is 442 g/mol. The molecule has 0 aliphatic heterocycles. The lowest BCUT2D eigenvalue weighted by atomic mass is 10.3. The second kappa shape index (κ2) is 10.4. The minimum absolute atomic E-state index is 0.247. The predicted octanol–water partition coefficient (Wildman–Crippen LogP) is 3.59. The molecule has 1 rings (SSSR count). The van der Waals surface area contributed by atoms with Crippen LogP contribution in [0.3, 0.4) is 0 Å². The monoisotopic (exact) mass is 452 g/mol. The van der Waals surface area contributed by atoms with Crippen LogP contribution in [0.2, 0.25) is 5.02 Å². The van der Waals surface area contributed by atoms with Crippen LogP contribution >= 0.6 is 50.1 Å². The Morgan fingerprint density at radius 2 is 1.56 bits per heavy atom. The molecule has 0 aliphatic carbocycles. The smallest absolute Gasteiger partial charge is 0.300 e. The van der Waals surface area contributed by atoms with Gasteiger partial charge in [-0.15, -0.1) is 0 Å². The number of hydrogen-bond donors (Lipinski definition) is 3. The van der Waals surface area contributed by atoms with Crippen molar-refractivity contribution >= 4 is 62.1 Å². The standard InChI is InChI=1S/C6H3BrClIO.2C2H4O2/c7-3-1-6(10)5(9)2-4(3)8;2*1-2(3)4/h1-2,10H;2*1H3,(H,3,4). The van der Waals surface area contributed by atoms with E-state index in [0.717, 1.165) is 17.4 Å². The lowest BCUT2D eigenvalue weighted by Crippen LogP contribution is -1.78. The first-order valence-electron chi connectivity index (χ1n) is 4.30. The number of hydrogen-bond acceptors (Lipinski definition) is 3. The van der Waals surface area contributed by atoms with E-state index < -0.39 is 11.9 Å². The maximum atomic E-state index is 9.13. The highest BCUT2D eigenvalue weighted by atomic mass is 127. The lowest BCUT2D eigenvalue weighted by molar-refractivity contribution is -0.135. The molecule has 0 spiro atoms. The van der Waals surface area contributed by atoms with Crippen molar-refractivity contribution in [2.75, 3.05) is 0 Å². The van der Waals surface area contributed by atoms with Gasteiger partial charge < -0.3 is 15.3 Å². The van der Waals surface area contributed by atoms with Crippen LogP contribution in [0, 0.1) is 3.57 Å². The van der Waals surface area contributed by atoms with Crippen LogP contribution in [0.1, 0.15) is 13.8 Å². The molecule has 3 N–H and O–H groups in total. The zero-order valence-electron chi connectivity index (χ0n) is 9.45. The summed E-state index contributed by atoms with van der Waals surface area (Å²) in [7, 11) is 0. The largest absolute Gasteiger partial charge is 0.507 e. The Morgan fingerprint density at radius 3 is 1.83 bits per heavy atom. The average Bonchev–Trinajstić information content (AvgIpc) is 2.13. The minimum atomic E-state index is -0.833. The summed E-state index contributed by atoms with van der Waals surface area (Å²) in [5, 5.41) is 24.6. The molecule has 0 radical (unpaired) electrons. The molecular formula is C10H11BrClIO5. The van der Waals surface area contributed by atoms with Gasteiger partial charge in [0, 0.05) is 18.3 Å². The summed E-state index contributed by atoms with van der Waals surface area (Å²) < 4.78 is 1.47. The first-order chi connectivity index (χ1) is 8.07. The molecule has 1 aromatic carbocycles. The summed E-state index contributed by atoms with van der Waals surface area (Å²) in [6, 6.07) is 3.27. The average molecular weight is 453 g/mol. The van der Waals surface area contributed by atoms with Crippen molar-refractivity contribution in [2.45, 2.75) is 13.8 Å². The van der Waals surface area contributed by atoms with Gasteiger partial charge in [-0.05, 0) is 50.7 Å². The number of benzene rings is 1. The number of rotatable bonds is 0. The van der Waals surface area contributed by atoms with Gasteiger partial charge in [0.1, 0.15) is 5.75 Å². The highest BCUT2D eigenvalue weighted by Gasteiger charge is 2.01. The third-order valence-corrected chi connectivity index (χ3v) is 3.05. The zero-order valence-corrected chi connectivity index (χ0v) is 13.9. The molecule has 18 heavy (non-hydrogen) atoms. The summed E-state index contributed by atoms with van der Waals surface area (Å²) in [6.07, 6.45) is 0. The van der Waals surface area contributed by atoms with E-state index in [1.54, 1.807) is 12.1 Å². The van der Waals surface area contributed by atoms with Crippen molar-refractivity contribution in [1.82, 2.24) is 0 Å². The predicted molar refractivity (Wildman–Crippen MR) is 80.2 cm³/mol. The van der Waals surface area contributed by atoms with E-state index in [2.05, 4.69) is 15.9 Å². The maximum Gasteiger partial charge on any atom is 0.300 e. The van der Waals surface area contributed by atoms with Crippen LogP contribution in [0.4, 0.5) is 0 Å². The van der Waals surface area contributed by atoms with Crippen molar-refractivity contribution < 1.29 is 24.9 Å². The molecule has 0 aliphatic rings. The van der Waals surface area contributed by atoms with Crippen LogP contribution in [0.15, 0.2) is 16.6 Å². The fraction of sp³-hybridized carbons (Fsp3) is 0.200. The second-order valence-corrected chi connectivity index (χ2v) is 5.18. The normalized spacial score (nSPS) is 8.28. The van der Waals surface area contributed by atoms with Gasteiger partial charge in [0.2, 0.25) is 0 Å². The van der Waals surface area contributed by atoms with Crippen LogP contribution in [0.25, 0.3) is 0 Å². The molecule has 0 aromatic heterocycles. The van der Waals surface area contributed by atoms with Gasteiger partial charge in [0.25, 0.3) is 11.9 Å². The van der Waals surface area contributed by atoms with Gasteiger partial charge in [-0.1, -0.05) is 11.6 Å². The van der Waals surface area contributed by atoms with E-state index in [1.807, 2.05) is 22.6 Å². The Hall–Kier alpha value is -0.540. The Bertz CT molecular complexity index is 355. The zero-order chi connectivity index (χ0) is 14.9. The van der Waals surface area contributed by atoms with Gasteiger partial charge in [-0.25, -0.2) is 0 Å². The van der Waals surface area contributed by atoms with Gasteiger partial charge in [-0.3, -0.25) is 9.59 Å². The number of phenolic OH excluding ortho intramolecular Hbond substituents is 1. The fourth-order valence-electron chi connectivity index (χ4n) is 0.512. The SMILES string of the molecule is CC(=O)O.CC(=O)O.Oc1cc(Br)c(Cl)cc1I. The van der Waals surface area contributed by atoms with Crippen LogP contribution in [-0.2, 0) is 9.59 Å². The molecule has 0 amide bonds. The molecule has 0 unspecified atom stereocenters. The number of aliphatic carboxylic acids is 2. The third-order valence-electron chi connectivity index (χ3n) is 0.990. The molecule has 0 heterocycles. The van der Waals surface area contributed by atoms with E-state index in [1.165, 1.54) is 0 Å². The molecule has 0 saturated carbocycles. The van der Waals surface area contributed by atoms with E-state index in [-0.39, 0.29) is 5.75 Å². The number of carboxylic acid groups (broad SMARTS) is 2. The molecule has 102 valence electrons. The quantitative estimate of drug-likeness (QED) is 0.412. The summed E-state index contributed by atoms with van der Waals surface area (Å²) in [4.78, 5) is 18.0. The number of carboxylic acids is 2. The van der Waals surface area contributed by atoms with Crippen LogP contribution in [0.5, 0.6) is 5.75 Å². The van der Waals surface area contributed by atoms with Gasteiger partial charge >= 0.3 is 0 Å². The third kappa shape index (κ3) is 13.5. The highest BCUT2D eigenvalue weighted by molar-refractivity contribution is 14.1. The van der Waals surface area contributed by atoms with Gasteiger partial charge in [0.05, 0.1) is 8.59 Å². The Morgan fingerprint density at radius 1 is 1.22 bits per heavy atom. The van der Waals surface area contributed by atoms with Crippen molar-refractivity contribution in [3.8, 4) is 5.75 Å². The Balaban J connectivity index is 0. The molecule has 0 saturated heterocycles. The number of phenols is 1. The highest BCUT2D eigenvalue weighted by Crippen LogP contribution is 2.30. The minimum Gasteiger partial charge on any atom is -0.507 e. The summed E-state index contributed by atoms with van der Waals surface area (Å²) in [5.74, 6) is -1.42. The Labute approximate surface area is 131 Å². The number of carbonyl (C=O) groups is 2. The van der Waals surface area contributed by atoms with Crippen molar-refractivity contribution in [2.24, 2.45) is 0 Å². The van der Waals surface area contributed by atoms with Crippen molar-refractivity contribution in [3.63, 3.8) is 0 Å². The second-order valence-electron chi connectivity index (χ2n) is 2.76. The van der Waals surface area contributed by atoms with E-state index in [0.29, 0.717) is 9.50 Å². The van der Waals surface area contributed by atoms with E-state index >= 15 is 0 Å². The first kappa shape index (κ1) is 19.8.